The Morgan fingerprint density at radius 1 is 1.15 bits per heavy atom. The van der Waals surface area contributed by atoms with Gasteiger partial charge in [0.05, 0.1) is 17.9 Å². The van der Waals surface area contributed by atoms with Crippen LogP contribution in [0.15, 0.2) is 48.5 Å². The molecule has 0 bridgehead atoms. The Balaban J connectivity index is 1.75. The minimum Gasteiger partial charge on any atom is -0.466 e. The van der Waals surface area contributed by atoms with Crippen LogP contribution in [0.25, 0.3) is 0 Å². The summed E-state index contributed by atoms with van der Waals surface area (Å²) in [5.41, 5.74) is -0.397. The molecule has 1 atom stereocenters. The summed E-state index contributed by atoms with van der Waals surface area (Å²) in [6.07, 6.45) is 0. The van der Waals surface area contributed by atoms with Crippen molar-refractivity contribution in [1.29, 1.82) is 0 Å². The van der Waals surface area contributed by atoms with Gasteiger partial charge in [0.1, 0.15) is 5.75 Å². The van der Waals surface area contributed by atoms with E-state index in [1.165, 1.54) is 19.1 Å². The Morgan fingerprint density at radius 3 is 2.54 bits per heavy atom. The molecule has 1 aliphatic rings. The van der Waals surface area contributed by atoms with Crippen LogP contribution in [-0.4, -0.2) is 30.0 Å². The minimum atomic E-state index is -1.71. The van der Waals surface area contributed by atoms with Gasteiger partial charge in [-0.25, -0.2) is 4.79 Å². The summed E-state index contributed by atoms with van der Waals surface area (Å²) >= 11 is 0. The summed E-state index contributed by atoms with van der Waals surface area (Å²) in [5, 5.41) is 5.30. The Kier molecular flexibility index (Phi) is 4.62. The van der Waals surface area contributed by atoms with Crippen molar-refractivity contribution in [2.45, 2.75) is 19.4 Å². The molecule has 134 valence electrons. The van der Waals surface area contributed by atoms with Gasteiger partial charge in [-0.15, -0.1) is 0 Å². The van der Waals surface area contributed by atoms with Crippen molar-refractivity contribution >= 4 is 29.2 Å². The highest BCUT2D eigenvalue weighted by Crippen LogP contribution is 2.33. The second-order valence-electron chi connectivity index (χ2n) is 5.84. The summed E-state index contributed by atoms with van der Waals surface area (Å²) in [5.74, 6) is -1.20. The van der Waals surface area contributed by atoms with Gasteiger partial charge >= 0.3 is 5.97 Å². The van der Waals surface area contributed by atoms with E-state index in [1.54, 1.807) is 43.3 Å². The van der Waals surface area contributed by atoms with E-state index in [-0.39, 0.29) is 6.61 Å². The molecule has 2 amide bonds. The van der Waals surface area contributed by atoms with Crippen molar-refractivity contribution in [1.82, 2.24) is 0 Å². The van der Waals surface area contributed by atoms with Crippen LogP contribution in [-0.2, 0) is 14.3 Å². The average Bonchev–Trinajstić information content (AvgIpc) is 2.63. The number of esters is 1. The zero-order valence-electron chi connectivity index (χ0n) is 14.4. The number of para-hydroxylation sites is 2. The maximum absolute atomic E-state index is 12.6. The second kappa shape index (κ2) is 6.87. The first-order valence-electron chi connectivity index (χ1n) is 8.12. The number of carbonyl (C=O) groups is 3. The summed E-state index contributed by atoms with van der Waals surface area (Å²) < 4.78 is 10.6. The van der Waals surface area contributed by atoms with E-state index in [0.717, 1.165) is 0 Å². The number of rotatable bonds is 4. The molecule has 2 aromatic rings. The summed E-state index contributed by atoms with van der Waals surface area (Å²) in [6.45, 7) is 3.41. The third-order valence-corrected chi connectivity index (χ3v) is 3.97. The number of fused-ring (bicyclic) bond motifs is 1. The van der Waals surface area contributed by atoms with E-state index in [4.69, 9.17) is 9.47 Å². The van der Waals surface area contributed by atoms with Gasteiger partial charge in [-0.3, -0.25) is 9.59 Å². The minimum absolute atomic E-state index is 0.281. The molecule has 1 heterocycles. The molecular formula is C19H18N2O5. The predicted octanol–water partition coefficient (Wildman–Crippen LogP) is 2.59. The molecule has 0 saturated heterocycles. The Labute approximate surface area is 150 Å². The van der Waals surface area contributed by atoms with Crippen LogP contribution >= 0.6 is 0 Å². The highest BCUT2D eigenvalue weighted by atomic mass is 16.5. The fraction of sp³-hybridized carbons (Fsp3) is 0.211. The lowest BCUT2D eigenvalue weighted by Crippen LogP contribution is -2.56. The van der Waals surface area contributed by atoms with Crippen LogP contribution in [0.2, 0.25) is 0 Å². The van der Waals surface area contributed by atoms with Crippen molar-refractivity contribution in [3.8, 4) is 5.75 Å². The van der Waals surface area contributed by atoms with Crippen molar-refractivity contribution in [2.75, 3.05) is 17.2 Å². The fourth-order valence-electron chi connectivity index (χ4n) is 2.47. The predicted molar refractivity (Wildman–Crippen MR) is 95.1 cm³/mol. The normalized spacial score (nSPS) is 18.2. The maximum Gasteiger partial charge on any atom is 0.338 e. The highest BCUT2D eigenvalue weighted by molar-refractivity contribution is 6.19. The van der Waals surface area contributed by atoms with Crippen molar-refractivity contribution in [2.24, 2.45) is 0 Å². The fourth-order valence-corrected chi connectivity index (χ4v) is 2.47. The van der Waals surface area contributed by atoms with Gasteiger partial charge in [-0.05, 0) is 50.2 Å². The third-order valence-electron chi connectivity index (χ3n) is 3.97. The van der Waals surface area contributed by atoms with E-state index in [9.17, 15) is 14.4 Å². The van der Waals surface area contributed by atoms with Crippen molar-refractivity contribution < 1.29 is 23.9 Å². The van der Waals surface area contributed by atoms with Gasteiger partial charge < -0.3 is 20.1 Å². The van der Waals surface area contributed by atoms with Gasteiger partial charge in [0.2, 0.25) is 0 Å². The first-order chi connectivity index (χ1) is 12.4. The van der Waals surface area contributed by atoms with Crippen LogP contribution in [0.5, 0.6) is 5.75 Å². The molecule has 0 fully saturated rings. The number of benzene rings is 2. The van der Waals surface area contributed by atoms with Crippen LogP contribution in [0, 0.1) is 0 Å². The zero-order chi connectivity index (χ0) is 18.7. The zero-order valence-corrected chi connectivity index (χ0v) is 14.4. The van der Waals surface area contributed by atoms with E-state index >= 15 is 0 Å². The van der Waals surface area contributed by atoms with E-state index in [2.05, 4.69) is 10.6 Å². The van der Waals surface area contributed by atoms with Gasteiger partial charge in [0, 0.05) is 5.69 Å². The molecule has 2 N–H and O–H groups in total. The quantitative estimate of drug-likeness (QED) is 0.650. The Morgan fingerprint density at radius 2 is 1.85 bits per heavy atom. The van der Waals surface area contributed by atoms with Gasteiger partial charge in [-0.1, -0.05) is 12.1 Å². The van der Waals surface area contributed by atoms with Gasteiger partial charge in [-0.2, -0.15) is 0 Å². The number of nitrogens with one attached hydrogen (secondary N) is 2. The molecule has 3 rings (SSSR count). The average molecular weight is 354 g/mol. The molecule has 0 aliphatic carbocycles. The van der Waals surface area contributed by atoms with Crippen LogP contribution in [0.3, 0.4) is 0 Å². The number of hydrogen-bond donors (Lipinski definition) is 2. The Bertz CT molecular complexity index is 862. The lowest BCUT2D eigenvalue weighted by molar-refractivity contribution is -0.143. The third kappa shape index (κ3) is 3.23. The number of amides is 2. The number of anilines is 2. The molecule has 7 heteroatoms. The van der Waals surface area contributed by atoms with E-state index < -0.39 is 23.4 Å². The standard InChI is InChI=1S/C19H18N2O5/c1-3-25-16(22)12-8-10-13(11-9-12)20-17(23)19(2)18(24)21-14-6-4-5-7-15(14)26-19/h4-11H,3H2,1-2H3,(H,20,23)(H,21,24). The highest BCUT2D eigenvalue weighted by Gasteiger charge is 2.47. The SMILES string of the molecule is CCOC(=O)c1ccc(NC(=O)C2(C)Oc3ccccc3NC2=O)cc1. The molecule has 7 nitrogen and oxygen atoms in total. The smallest absolute Gasteiger partial charge is 0.338 e. The molecule has 0 aromatic heterocycles. The van der Waals surface area contributed by atoms with E-state index in [0.29, 0.717) is 22.7 Å². The Hall–Kier alpha value is -3.35. The molecule has 1 unspecified atom stereocenters. The van der Waals surface area contributed by atoms with Crippen LogP contribution < -0.4 is 15.4 Å². The first kappa shape index (κ1) is 17.5. The van der Waals surface area contributed by atoms with Gasteiger partial charge in [0.15, 0.2) is 0 Å². The molecule has 0 spiro atoms. The monoisotopic (exact) mass is 354 g/mol. The lowest BCUT2D eigenvalue weighted by Gasteiger charge is -2.33. The number of hydrogen-bond acceptors (Lipinski definition) is 5. The molecule has 0 saturated carbocycles. The molecule has 2 aromatic carbocycles. The van der Waals surface area contributed by atoms with E-state index in [1.807, 2.05) is 0 Å². The maximum atomic E-state index is 12.6. The number of carbonyl (C=O) groups excluding carboxylic acids is 3. The topological polar surface area (TPSA) is 93.7 Å². The lowest BCUT2D eigenvalue weighted by atomic mass is 10.0. The summed E-state index contributed by atoms with van der Waals surface area (Å²) in [7, 11) is 0. The first-order valence-corrected chi connectivity index (χ1v) is 8.12. The van der Waals surface area contributed by atoms with Crippen molar-refractivity contribution in [3.05, 3.63) is 54.1 Å². The molecule has 26 heavy (non-hydrogen) atoms. The molecule has 0 radical (unpaired) electrons. The van der Waals surface area contributed by atoms with Crippen molar-refractivity contribution in [3.63, 3.8) is 0 Å². The largest absolute Gasteiger partial charge is 0.466 e. The number of ether oxygens (including phenoxy) is 2. The van der Waals surface area contributed by atoms with Crippen LogP contribution in [0.4, 0.5) is 11.4 Å². The second-order valence-corrected chi connectivity index (χ2v) is 5.84. The van der Waals surface area contributed by atoms with Gasteiger partial charge in [0.25, 0.3) is 17.4 Å². The molecule has 1 aliphatic heterocycles. The summed E-state index contributed by atoms with van der Waals surface area (Å²) in [6, 6.07) is 13.1. The molecular weight excluding hydrogens is 336 g/mol. The summed E-state index contributed by atoms with van der Waals surface area (Å²) in [4.78, 5) is 36.7. The van der Waals surface area contributed by atoms with Crippen LogP contribution in [0.1, 0.15) is 24.2 Å².